The summed E-state index contributed by atoms with van der Waals surface area (Å²) in [6, 6.07) is 5.05. The molecular weight excluding hydrogens is 278 g/mol. The quantitative estimate of drug-likeness (QED) is 0.911. The molecule has 2 unspecified atom stereocenters. The van der Waals surface area contributed by atoms with Crippen LogP contribution in [-0.4, -0.2) is 40.7 Å². The Bertz CT molecular complexity index is 586. The number of benzene rings is 1. The van der Waals surface area contributed by atoms with Crippen LogP contribution in [0.15, 0.2) is 24.3 Å². The molecule has 0 bridgehead atoms. The smallest absolute Gasteiger partial charge is 0.320 e. The van der Waals surface area contributed by atoms with Gasteiger partial charge in [0.05, 0.1) is 0 Å². The number of hydrogen-bond donors (Lipinski definition) is 1. The van der Waals surface area contributed by atoms with Gasteiger partial charge in [0, 0.05) is 30.1 Å². The van der Waals surface area contributed by atoms with E-state index >= 15 is 0 Å². The predicted octanol–water partition coefficient (Wildman–Crippen LogP) is 2.66. The summed E-state index contributed by atoms with van der Waals surface area (Å²) in [6.45, 7) is 3.03. The van der Waals surface area contributed by atoms with Crippen LogP contribution in [0.4, 0.5) is 0 Å². The van der Waals surface area contributed by atoms with E-state index < -0.39 is 17.6 Å². The molecule has 3 rings (SSSR count). The molecule has 5 heteroatoms. The monoisotopic (exact) mass is 293 g/mol. The van der Waals surface area contributed by atoms with Crippen molar-refractivity contribution in [1.29, 1.82) is 0 Å². The van der Waals surface area contributed by atoms with Gasteiger partial charge in [-0.3, -0.25) is 9.69 Å². The molecule has 106 valence electrons. The second-order valence-corrected chi connectivity index (χ2v) is 5.85. The first-order valence-corrected chi connectivity index (χ1v) is 7.02. The van der Waals surface area contributed by atoms with Crippen LogP contribution in [0.5, 0.6) is 5.75 Å². The first-order chi connectivity index (χ1) is 9.49. The largest absolute Gasteiger partial charge is 0.481 e. The maximum absolute atomic E-state index is 11.1. The van der Waals surface area contributed by atoms with Crippen molar-refractivity contribution in [3.05, 3.63) is 34.9 Å². The third-order valence-corrected chi connectivity index (χ3v) is 4.28. The van der Waals surface area contributed by atoms with Gasteiger partial charge in [-0.2, -0.15) is 0 Å². The van der Waals surface area contributed by atoms with Crippen LogP contribution in [0.3, 0.4) is 0 Å². The summed E-state index contributed by atoms with van der Waals surface area (Å²) in [7, 11) is 0. The van der Waals surface area contributed by atoms with Crippen molar-refractivity contribution in [3.63, 3.8) is 0 Å². The van der Waals surface area contributed by atoms with Crippen molar-refractivity contribution in [2.75, 3.05) is 13.1 Å². The van der Waals surface area contributed by atoms with Gasteiger partial charge >= 0.3 is 5.97 Å². The number of aliphatic carboxylic acids is 1. The van der Waals surface area contributed by atoms with Crippen LogP contribution in [0.2, 0.25) is 5.02 Å². The van der Waals surface area contributed by atoms with E-state index in [-0.39, 0.29) is 0 Å². The maximum Gasteiger partial charge on any atom is 0.320 e. The lowest BCUT2D eigenvalue weighted by molar-refractivity contribution is -0.142. The molecule has 1 spiro atoms. The van der Waals surface area contributed by atoms with E-state index in [2.05, 4.69) is 0 Å². The summed E-state index contributed by atoms with van der Waals surface area (Å²) in [6.07, 6.45) is 4.84. The standard InChI is InChI=1S/C15H16ClNO3/c1-10(14(18)19)17-7-6-15(9-17)5-4-11-8-12(16)2-3-13(11)20-15/h2-5,8,10H,6-7,9H2,1H3,(H,18,19). The fourth-order valence-corrected chi connectivity index (χ4v) is 2.96. The Hall–Kier alpha value is -1.52. The van der Waals surface area contributed by atoms with Crippen LogP contribution in [0.1, 0.15) is 18.9 Å². The molecule has 2 heterocycles. The van der Waals surface area contributed by atoms with E-state index in [0.717, 1.165) is 24.3 Å². The number of carboxylic acids is 1. The van der Waals surface area contributed by atoms with Crippen LogP contribution in [-0.2, 0) is 4.79 Å². The highest BCUT2D eigenvalue weighted by Crippen LogP contribution is 2.37. The highest BCUT2D eigenvalue weighted by atomic mass is 35.5. The minimum atomic E-state index is -0.797. The minimum Gasteiger partial charge on any atom is -0.481 e. The van der Waals surface area contributed by atoms with Crippen molar-refractivity contribution in [3.8, 4) is 5.75 Å². The molecule has 0 amide bonds. The van der Waals surface area contributed by atoms with Crippen LogP contribution >= 0.6 is 11.6 Å². The van der Waals surface area contributed by atoms with Crippen LogP contribution in [0, 0.1) is 0 Å². The lowest BCUT2D eigenvalue weighted by atomic mass is 9.97. The van der Waals surface area contributed by atoms with Gasteiger partial charge in [0.1, 0.15) is 17.4 Å². The van der Waals surface area contributed by atoms with E-state index in [1.165, 1.54) is 0 Å². The number of fused-ring (bicyclic) bond motifs is 1. The first kappa shape index (κ1) is 13.5. The normalized spacial score (nSPS) is 26.3. The summed E-state index contributed by atoms with van der Waals surface area (Å²) >= 11 is 5.96. The molecule has 2 aliphatic heterocycles. The molecule has 2 aliphatic rings. The molecule has 1 aromatic rings. The second kappa shape index (κ2) is 4.79. The van der Waals surface area contributed by atoms with Gasteiger partial charge < -0.3 is 9.84 Å². The lowest BCUT2D eigenvalue weighted by Gasteiger charge is -2.32. The summed E-state index contributed by atoms with van der Waals surface area (Å²) in [5, 5.41) is 9.78. The molecule has 2 atom stereocenters. The third kappa shape index (κ3) is 2.30. The SMILES string of the molecule is CC(C(=O)O)N1CCC2(C=Cc3cc(Cl)ccc3O2)C1. The summed E-state index contributed by atoms with van der Waals surface area (Å²) in [4.78, 5) is 13.0. The molecule has 1 fully saturated rings. The zero-order valence-corrected chi connectivity index (χ0v) is 11.9. The molecule has 0 aliphatic carbocycles. The average molecular weight is 294 g/mol. The van der Waals surface area contributed by atoms with Gasteiger partial charge in [-0.25, -0.2) is 0 Å². The predicted molar refractivity (Wildman–Crippen MR) is 77.1 cm³/mol. The highest BCUT2D eigenvalue weighted by molar-refractivity contribution is 6.30. The van der Waals surface area contributed by atoms with Crippen molar-refractivity contribution in [2.45, 2.75) is 25.0 Å². The van der Waals surface area contributed by atoms with E-state index in [1.54, 1.807) is 13.0 Å². The molecule has 1 N–H and O–H groups in total. The zero-order valence-electron chi connectivity index (χ0n) is 11.2. The first-order valence-electron chi connectivity index (χ1n) is 6.64. The number of carboxylic acid groups (broad SMARTS) is 1. The Kier molecular flexibility index (Phi) is 3.22. The average Bonchev–Trinajstić information content (AvgIpc) is 2.82. The fraction of sp³-hybridized carbons (Fsp3) is 0.400. The van der Waals surface area contributed by atoms with Crippen LogP contribution in [0.25, 0.3) is 6.08 Å². The van der Waals surface area contributed by atoms with Gasteiger partial charge in [-0.1, -0.05) is 17.7 Å². The van der Waals surface area contributed by atoms with Crippen molar-refractivity contribution in [1.82, 2.24) is 4.90 Å². The lowest BCUT2D eigenvalue weighted by Crippen LogP contribution is -2.43. The molecule has 1 saturated heterocycles. The molecule has 4 nitrogen and oxygen atoms in total. The van der Waals surface area contributed by atoms with Crippen molar-refractivity contribution in [2.24, 2.45) is 0 Å². The number of nitrogens with zero attached hydrogens (tertiary/aromatic N) is 1. The summed E-state index contributed by atoms with van der Waals surface area (Å²) < 4.78 is 6.12. The number of halogens is 1. The highest BCUT2D eigenvalue weighted by Gasteiger charge is 2.42. The summed E-state index contributed by atoms with van der Waals surface area (Å²) in [5.74, 6) is 0.00995. The Morgan fingerprint density at radius 1 is 1.55 bits per heavy atom. The molecule has 0 saturated carbocycles. The number of rotatable bonds is 2. The van der Waals surface area contributed by atoms with Crippen molar-refractivity contribution < 1.29 is 14.6 Å². The van der Waals surface area contributed by atoms with Gasteiger partial charge in [0.15, 0.2) is 0 Å². The van der Waals surface area contributed by atoms with Crippen molar-refractivity contribution >= 4 is 23.6 Å². The Morgan fingerprint density at radius 2 is 2.35 bits per heavy atom. The van der Waals surface area contributed by atoms with Crippen LogP contribution < -0.4 is 4.74 Å². The second-order valence-electron chi connectivity index (χ2n) is 5.42. The zero-order chi connectivity index (χ0) is 14.3. The van der Waals surface area contributed by atoms with Gasteiger partial charge in [-0.15, -0.1) is 0 Å². The maximum atomic E-state index is 11.1. The molecule has 1 aromatic carbocycles. The Morgan fingerprint density at radius 3 is 3.10 bits per heavy atom. The number of likely N-dealkylation sites (tertiary alicyclic amines) is 1. The van der Waals surface area contributed by atoms with E-state index in [4.69, 9.17) is 21.4 Å². The van der Waals surface area contributed by atoms with Gasteiger partial charge in [0.2, 0.25) is 0 Å². The van der Waals surface area contributed by atoms with E-state index in [9.17, 15) is 4.79 Å². The Balaban J connectivity index is 1.81. The molecule has 0 radical (unpaired) electrons. The topological polar surface area (TPSA) is 49.8 Å². The van der Waals surface area contributed by atoms with E-state index in [0.29, 0.717) is 11.6 Å². The molecule has 20 heavy (non-hydrogen) atoms. The fourth-order valence-electron chi connectivity index (χ4n) is 2.78. The molecular formula is C15H16ClNO3. The summed E-state index contributed by atoms with van der Waals surface area (Å²) in [5.41, 5.74) is 0.553. The molecule has 0 aromatic heterocycles. The number of ether oxygens (including phenoxy) is 1. The third-order valence-electron chi connectivity index (χ3n) is 4.05. The Labute approximate surface area is 122 Å². The van der Waals surface area contributed by atoms with E-state index in [1.807, 2.05) is 29.2 Å². The number of carbonyl (C=O) groups is 1. The van der Waals surface area contributed by atoms with Gasteiger partial charge in [0.25, 0.3) is 0 Å². The minimum absolute atomic E-state index is 0.412. The number of hydrogen-bond acceptors (Lipinski definition) is 3. The van der Waals surface area contributed by atoms with Gasteiger partial charge in [-0.05, 0) is 31.2 Å².